The van der Waals surface area contributed by atoms with Crippen LogP contribution in [0.1, 0.15) is 28.9 Å². The maximum absolute atomic E-state index is 14.1. The van der Waals surface area contributed by atoms with E-state index < -0.39 is 0 Å². The fourth-order valence-electron chi connectivity index (χ4n) is 4.60. The molecule has 0 saturated carbocycles. The van der Waals surface area contributed by atoms with Gasteiger partial charge in [0, 0.05) is 42.5 Å². The van der Waals surface area contributed by atoms with Crippen LogP contribution in [0.15, 0.2) is 42.5 Å². The van der Waals surface area contributed by atoms with Gasteiger partial charge in [-0.3, -0.25) is 4.79 Å². The molecule has 0 spiro atoms. The number of hydrogen-bond acceptors (Lipinski definition) is 4. The van der Waals surface area contributed by atoms with Gasteiger partial charge < -0.3 is 24.8 Å². The number of nitrogens with one attached hydrogen (secondary N) is 2. The molecule has 0 unspecified atom stereocenters. The SMILES string of the molecule is COCC1(N(C)C)CCN(c2cccc(NC(=O)c3cc4c(F)ccc(C)c4[nH]3)c2)CC1. The van der Waals surface area contributed by atoms with Crippen molar-refractivity contribution in [3.8, 4) is 0 Å². The molecule has 2 heterocycles. The lowest BCUT2D eigenvalue weighted by Gasteiger charge is -2.46. The van der Waals surface area contributed by atoms with Gasteiger partial charge in [0.25, 0.3) is 5.91 Å². The quantitative estimate of drug-likeness (QED) is 0.598. The zero-order valence-electron chi connectivity index (χ0n) is 19.2. The van der Waals surface area contributed by atoms with E-state index >= 15 is 0 Å². The maximum atomic E-state index is 14.1. The Labute approximate surface area is 188 Å². The van der Waals surface area contributed by atoms with Crippen molar-refractivity contribution in [1.29, 1.82) is 0 Å². The normalized spacial score (nSPS) is 16.0. The first-order chi connectivity index (χ1) is 15.3. The third kappa shape index (κ3) is 4.23. The number of aromatic nitrogens is 1. The average Bonchev–Trinajstić information content (AvgIpc) is 3.24. The first-order valence-electron chi connectivity index (χ1n) is 10.9. The number of anilines is 2. The number of fused-ring (bicyclic) bond motifs is 1. The number of methoxy groups -OCH3 is 1. The summed E-state index contributed by atoms with van der Waals surface area (Å²) in [5, 5.41) is 3.37. The highest BCUT2D eigenvalue weighted by Gasteiger charge is 2.36. The molecule has 1 amide bonds. The lowest BCUT2D eigenvalue weighted by Crippen LogP contribution is -2.55. The molecule has 32 heavy (non-hydrogen) atoms. The molecule has 1 saturated heterocycles. The highest BCUT2D eigenvalue weighted by atomic mass is 19.1. The number of aromatic amines is 1. The number of carbonyl (C=O) groups is 1. The molecular formula is C25H31FN4O2. The maximum Gasteiger partial charge on any atom is 0.272 e. The van der Waals surface area contributed by atoms with Crippen LogP contribution in [0.2, 0.25) is 0 Å². The highest BCUT2D eigenvalue weighted by molar-refractivity contribution is 6.06. The van der Waals surface area contributed by atoms with Crippen LogP contribution < -0.4 is 10.2 Å². The van der Waals surface area contributed by atoms with Gasteiger partial charge in [-0.1, -0.05) is 12.1 Å². The lowest BCUT2D eigenvalue weighted by molar-refractivity contribution is 0.0226. The Hall–Kier alpha value is -2.90. The molecule has 2 aromatic carbocycles. The van der Waals surface area contributed by atoms with Crippen LogP contribution in [-0.2, 0) is 4.74 Å². The lowest BCUT2D eigenvalue weighted by atomic mass is 9.87. The summed E-state index contributed by atoms with van der Waals surface area (Å²) < 4.78 is 19.6. The molecule has 0 radical (unpaired) electrons. The number of halogens is 1. The number of ether oxygens (including phenoxy) is 1. The summed E-state index contributed by atoms with van der Waals surface area (Å²) >= 11 is 0. The summed E-state index contributed by atoms with van der Waals surface area (Å²) in [4.78, 5) is 20.5. The Bertz CT molecular complexity index is 1080. The Morgan fingerprint density at radius 2 is 1.97 bits per heavy atom. The van der Waals surface area contributed by atoms with Crippen molar-refractivity contribution < 1.29 is 13.9 Å². The van der Waals surface area contributed by atoms with E-state index in [9.17, 15) is 9.18 Å². The minimum atomic E-state index is -0.338. The van der Waals surface area contributed by atoms with Gasteiger partial charge in [-0.2, -0.15) is 0 Å². The van der Waals surface area contributed by atoms with E-state index in [2.05, 4.69) is 40.3 Å². The molecule has 0 bridgehead atoms. The largest absolute Gasteiger partial charge is 0.383 e. The summed E-state index contributed by atoms with van der Waals surface area (Å²) in [7, 11) is 5.98. The predicted molar refractivity (Wildman–Crippen MR) is 127 cm³/mol. The number of benzene rings is 2. The molecular weight excluding hydrogens is 407 g/mol. The Kier molecular flexibility index (Phi) is 6.22. The third-order valence-corrected chi connectivity index (χ3v) is 6.72. The monoisotopic (exact) mass is 438 g/mol. The molecule has 7 heteroatoms. The van der Waals surface area contributed by atoms with Gasteiger partial charge in [-0.15, -0.1) is 0 Å². The van der Waals surface area contributed by atoms with Gasteiger partial charge in [0.1, 0.15) is 11.5 Å². The van der Waals surface area contributed by atoms with Gasteiger partial charge in [-0.25, -0.2) is 4.39 Å². The Morgan fingerprint density at radius 3 is 2.62 bits per heavy atom. The minimum Gasteiger partial charge on any atom is -0.383 e. The number of rotatable bonds is 6. The number of aryl methyl sites for hydroxylation is 1. The molecule has 4 rings (SSSR count). The molecule has 0 aliphatic carbocycles. The second-order valence-electron chi connectivity index (χ2n) is 8.88. The molecule has 0 atom stereocenters. The van der Waals surface area contributed by atoms with Crippen molar-refractivity contribution in [3.63, 3.8) is 0 Å². The van der Waals surface area contributed by atoms with Crippen LogP contribution >= 0.6 is 0 Å². The molecule has 3 aromatic rings. The van der Waals surface area contributed by atoms with Crippen LogP contribution in [0.5, 0.6) is 0 Å². The van der Waals surface area contributed by atoms with E-state index in [1.165, 1.54) is 6.07 Å². The van der Waals surface area contributed by atoms with E-state index in [1.54, 1.807) is 19.2 Å². The van der Waals surface area contributed by atoms with Crippen molar-refractivity contribution in [2.24, 2.45) is 0 Å². The van der Waals surface area contributed by atoms with Gasteiger partial charge >= 0.3 is 0 Å². The number of carbonyl (C=O) groups excluding carboxylic acids is 1. The van der Waals surface area contributed by atoms with Crippen LogP contribution in [-0.4, -0.2) is 62.2 Å². The fraction of sp³-hybridized carbons (Fsp3) is 0.400. The molecule has 6 nitrogen and oxygen atoms in total. The van der Waals surface area contributed by atoms with Gasteiger partial charge in [-0.05, 0) is 69.8 Å². The molecule has 1 fully saturated rings. The zero-order chi connectivity index (χ0) is 22.9. The standard InChI is InChI=1S/C25H31FN4O2/c1-17-8-9-21(26)20-15-22(28-23(17)20)24(31)27-18-6-5-7-19(14-18)30-12-10-25(11-13-30,16-32-4)29(2)3/h5-9,14-15,28H,10-13,16H2,1-4H3,(H,27,31). The van der Waals surface area contributed by atoms with Crippen molar-refractivity contribution in [2.75, 3.05) is 51.1 Å². The van der Waals surface area contributed by atoms with Crippen molar-refractivity contribution >= 4 is 28.2 Å². The number of H-pyrrole nitrogens is 1. The summed E-state index contributed by atoms with van der Waals surface area (Å²) in [6, 6.07) is 12.6. The summed E-state index contributed by atoms with van der Waals surface area (Å²) in [6.07, 6.45) is 2.01. The van der Waals surface area contributed by atoms with E-state index in [0.29, 0.717) is 28.9 Å². The van der Waals surface area contributed by atoms with Crippen LogP contribution in [0.25, 0.3) is 10.9 Å². The van der Waals surface area contributed by atoms with Gasteiger partial charge in [0.15, 0.2) is 0 Å². The number of amides is 1. The topological polar surface area (TPSA) is 60.6 Å². The second-order valence-corrected chi connectivity index (χ2v) is 8.88. The summed E-state index contributed by atoms with van der Waals surface area (Å²) in [5.74, 6) is -0.627. The van der Waals surface area contributed by atoms with Crippen molar-refractivity contribution in [3.05, 3.63) is 59.5 Å². The summed E-state index contributed by atoms with van der Waals surface area (Å²) in [6.45, 7) is 4.44. The highest BCUT2D eigenvalue weighted by Crippen LogP contribution is 2.31. The number of hydrogen-bond donors (Lipinski definition) is 2. The van der Waals surface area contributed by atoms with E-state index in [-0.39, 0.29) is 17.3 Å². The zero-order valence-corrected chi connectivity index (χ0v) is 19.2. The van der Waals surface area contributed by atoms with E-state index in [4.69, 9.17) is 4.74 Å². The van der Waals surface area contributed by atoms with E-state index in [1.807, 2.05) is 25.1 Å². The Morgan fingerprint density at radius 1 is 1.22 bits per heavy atom. The van der Waals surface area contributed by atoms with Crippen LogP contribution in [0.4, 0.5) is 15.8 Å². The first kappa shape index (κ1) is 22.3. The van der Waals surface area contributed by atoms with Crippen molar-refractivity contribution in [1.82, 2.24) is 9.88 Å². The van der Waals surface area contributed by atoms with Gasteiger partial charge in [0.05, 0.1) is 12.1 Å². The minimum absolute atomic E-state index is 0.0557. The molecule has 1 aliphatic heterocycles. The second kappa shape index (κ2) is 8.92. The van der Waals surface area contributed by atoms with Crippen LogP contribution in [0, 0.1) is 12.7 Å². The summed E-state index contributed by atoms with van der Waals surface area (Å²) in [5.41, 5.74) is 3.73. The predicted octanol–water partition coefficient (Wildman–Crippen LogP) is 4.41. The Balaban J connectivity index is 1.48. The first-order valence-corrected chi connectivity index (χ1v) is 10.9. The number of piperidine rings is 1. The molecule has 2 N–H and O–H groups in total. The molecule has 1 aromatic heterocycles. The number of likely N-dealkylation sites (N-methyl/N-ethyl adjacent to an activating group) is 1. The number of nitrogens with zero attached hydrogens (tertiary/aromatic N) is 2. The molecule has 1 aliphatic rings. The fourth-order valence-corrected chi connectivity index (χ4v) is 4.60. The average molecular weight is 439 g/mol. The third-order valence-electron chi connectivity index (χ3n) is 6.72. The molecule has 170 valence electrons. The van der Waals surface area contributed by atoms with Gasteiger partial charge in [0.2, 0.25) is 0 Å². The van der Waals surface area contributed by atoms with Crippen LogP contribution in [0.3, 0.4) is 0 Å². The van der Waals surface area contributed by atoms with Crippen molar-refractivity contribution in [2.45, 2.75) is 25.3 Å². The smallest absolute Gasteiger partial charge is 0.272 e. The van der Waals surface area contributed by atoms with E-state index in [0.717, 1.165) is 37.2 Å².